The molecule has 0 saturated carbocycles. The summed E-state index contributed by atoms with van der Waals surface area (Å²) in [7, 11) is -2.10. The molecule has 4 nitrogen and oxygen atoms in total. The molecule has 34 heavy (non-hydrogen) atoms. The lowest BCUT2D eigenvalue weighted by molar-refractivity contribution is 0.415. The lowest BCUT2D eigenvalue weighted by atomic mass is 9.98. The van der Waals surface area contributed by atoms with Gasteiger partial charge in [-0.2, -0.15) is 0 Å². The summed E-state index contributed by atoms with van der Waals surface area (Å²) in [5.41, 5.74) is 2.57. The minimum absolute atomic E-state index is 0.298. The van der Waals surface area contributed by atoms with Gasteiger partial charge < -0.3 is 10.1 Å². The molecule has 0 bridgehead atoms. The Morgan fingerprint density at radius 2 is 1.38 bits per heavy atom. The fraction of sp³-hybridized carbons (Fsp3) is 0.143. The van der Waals surface area contributed by atoms with Crippen molar-refractivity contribution >= 4 is 27.1 Å². The number of ether oxygens (including phenoxy) is 1. The van der Waals surface area contributed by atoms with E-state index in [1.807, 2.05) is 72.8 Å². The van der Waals surface area contributed by atoms with Crippen LogP contribution in [0.5, 0.6) is 5.75 Å². The molecule has 1 N–H and O–H groups in total. The molecule has 0 aliphatic carbocycles. The third-order valence-corrected chi connectivity index (χ3v) is 8.18. The number of nitrogens with one attached hydrogen (secondary N) is 1. The van der Waals surface area contributed by atoms with Gasteiger partial charge >= 0.3 is 0 Å². The van der Waals surface area contributed by atoms with Crippen LogP contribution >= 0.6 is 11.6 Å². The van der Waals surface area contributed by atoms with E-state index >= 15 is 0 Å². The van der Waals surface area contributed by atoms with E-state index in [2.05, 4.69) is 5.32 Å². The van der Waals surface area contributed by atoms with Crippen LogP contribution in [-0.2, 0) is 16.3 Å². The number of rotatable bonds is 9. The van der Waals surface area contributed by atoms with Crippen LogP contribution in [0.25, 0.3) is 0 Å². The summed E-state index contributed by atoms with van der Waals surface area (Å²) >= 11 is 6.15. The Morgan fingerprint density at radius 3 is 1.97 bits per heavy atom. The lowest BCUT2D eigenvalue weighted by Crippen LogP contribution is -2.35. The maximum Gasteiger partial charge on any atom is 0.183 e. The number of methoxy groups -OCH3 is 1. The zero-order valence-corrected chi connectivity index (χ0v) is 20.3. The zero-order valence-electron chi connectivity index (χ0n) is 18.8. The first kappa shape index (κ1) is 23.9. The van der Waals surface area contributed by atoms with E-state index in [1.54, 1.807) is 43.5 Å². The molecule has 174 valence electrons. The summed E-state index contributed by atoms with van der Waals surface area (Å²) in [6.45, 7) is 0. The zero-order chi connectivity index (χ0) is 24.0. The van der Waals surface area contributed by atoms with Crippen LogP contribution in [0.4, 0.5) is 5.69 Å². The number of halogens is 1. The van der Waals surface area contributed by atoms with Gasteiger partial charge in [-0.15, -0.1) is 0 Å². The summed E-state index contributed by atoms with van der Waals surface area (Å²) in [6, 6.07) is 32.6. The molecule has 0 unspecified atom stereocenters. The van der Waals surface area contributed by atoms with E-state index in [1.165, 1.54) is 0 Å². The van der Waals surface area contributed by atoms with Gasteiger partial charge in [-0.3, -0.25) is 0 Å². The second kappa shape index (κ2) is 10.8. The van der Waals surface area contributed by atoms with Crippen molar-refractivity contribution in [2.24, 2.45) is 0 Å². The molecule has 0 heterocycles. The first-order chi connectivity index (χ1) is 16.5. The normalized spacial score (nSPS) is 13.1. The summed E-state index contributed by atoms with van der Waals surface area (Å²) < 4.78 is 33.3. The molecule has 4 aromatic rings. The second-order valence-corrected chi connectivity index (χ2v) is 10.6. The van der Waals surface area contributed by atoms with Crippen LogP contribution in [0.3, 0.4) is 0 Å². The fourth-order valence-electron chi connectivity index (χ4n) is 3.97. The van der Waals surface area contributed by atoms with Crippen LogP contribution in [0.2, 0.25) is 5.02 Å². The van der Waals surface area contributed by atoms with Gasteiger partial charge in [0.25, 0.3) is 0 Å². The van der Waals surface area contributed by atoms with Gasteiger partial charge in [0.1, 0.15) is 5.75 Å². The number of benzene rings is 4. The van der Waals surface area contributed by atoms with Gasteiger partial charge in [0.15, 0.2) is 9.84 Å². The predicted octanol–water partition coefficient (Wildman–Crippen LogP) is 6.59. The maximum atomic E-state index is 14.0. The highest BCUT2D eigenvalue weighted by Gasteiger charge is 2.36. The molecule has 0 aliphatic heterocycles. The summed E-state index contributed by atoms with van der Waals surface area (Å²) in [5, 5.41) is 3.30. The first-order valence-corrected chi connectivity index (χ1v) is 12.9. The van der Waals surface area contributed by atoms with Gasteiger partial charge in [0, 0.05) is 10.7 Å². The summed E-state index contributed by atoms with van der Waals surface area (Å²) in [6.07, 6.45) is 0.342. The van der Waals surface area contributed by atoms with Crippen molar-refractivity contribution in [2.45, 2.75) is 22.6 Å². The quantitative estimate of drug-likeness (QED) is 0.287. The maximum absolute atomic E-state index is 14.0. The highest BCUT2D eigenvalue weighted by atomic mass is 35.5. The molecule has 6 heteroatoms. The van der Waals surface area contributed by atoms with Crippen molar-refractivity contribution in [3.63, 3.8) is 0 Å². The van der Waals surface area contributed by atoms with Crippen LogP contribution < -0.4 is 10.1 Å². The molecule has 0 fully saturated rings. The van der Waals surface area contributed by atoms with Crippen LogP contribution in [0.15, 0.2) is 114 Å². The Bertz CT molecular complexity index is 1290. The molecule has 4 aromatic carbocycles. The number of anilines is 1. The Balaban J connectivity index is 1.82. The van der Waals surface area contributed by atoms with Crippen LogP contribution in [-0.4, -0.2) is 20.8 Å². The fourth-order valence-corrected chi connectivity index (χ4v) is 5.97. The van der Waals surface area contributed by atoms with Crippen LogP contribution in [0, 0.1) is 0 Å². The summed E-state index contributed by atoms with van der Waals surface area (Å²) in [4.78, 5) is 0.298. The van der Waals surface area contributed by atoms with Crippen molar-refractivity contribution < 1.29 is 13.2 Å². The van der Waals surface area contributed by atoms with Crippen molar-refractivity contribution in [1.82, 2.24) is 0 Å². The number of hydrogen-bond acceptors (Lipinski definition) is 4. The standard InChI is InChI=1S/C28H26ClNO3S/c1-33-25-18-16-24(17-19-25)30-28(22-12-14-23(29)15-13-22)27(20-21-8-4-2-5-9-21)34(31,32)26-10-6-3-7-11-26/h2-19,27-28,30H,20H2,1H3/t27-,28+/m1/s1. The Labute approximate surface area is 206 Å². The topological polar surface area (TPSA) is 55.4 Å². The lowest BCUT2D eigenvalue weighted by Gasteiger charge is -2.30. The van der Waals surface area contributed by atoms with Crippen molar-refractivity contribution in [1.29, 1.82) is 0 Å². The van der Waals surface area contributed by atoms with Gasteiger partial charge in [0.2, 0.25) is 0 Å². The third kappa shape index (κ3) is 5.61. The SMILES string of the molecule is COc1ccc(N[C@@H](c2ccc(Cl)cc2)[C@@H](Cc2ccccc2)S(=O)(=O)c2ccccc2)cc1. The van der Waals surface area contributed by atoms with Gasteiger partial charge in [-0.25, -0.2) is 8.42 Å². The van der Waals surface area contributed by atoms with E-state index in [0.29, 0.717) is 16.3 Å². The Kier molecular flexibility index (Phi) is 7.56. The largest absolute Gasteiger partial charge is 0.497 e. The van der Waals surface area contributed by atoms with E-state index in [0.717, 1.165) is 22.6 Å². The smallest absolute Gasteiger partial charge is 0.183 e. The van der Waals surface area contributed by atoms with E-state index in [-0.39, 0.29) is 0 Å². The van der Waals surface area contributed by atoms with Gasteiger partial charge in [0.05, 0.1) is 23.3 Å². The minimum Gasteiger partial charge on any atom is -0.497 e. The third-order valence-electron chi connectivity index (χ3n) is 5.76. The van der Waals surface area contributed by atoms with Gasteiger partial charge in [-0.1, -0.05) is 72.3 Å². The van der Waals surface area contributed by atoms with Crippen molar-refractivity contribution in [2.75, 3.05) is 12.4 Å². The van der Waals surface area contributed by atoms with Crippen LogP contribution in [0.1, 0.15) is 17.2 Å². The highest BCUT2D eigenvalue weighted by molar-refractivity contribution is 7.92. The van der Waals surface area contributed by atoms with Gasteiger partial charge in [-0.05, 0) is 66.1 Å². The second-order valence-electron chi connectivity index (χ2n) is 7.99. The molecule has 2 atom stereocenters. The highest BCUT2D eigenvalue weighted by Crippen LogP contribution is 2.34. The first-order valence-electron chi connectivity index (χ1n) is 11.0. The number of sulfone groups is 1. The van der Waals surface area contributed by atoms with E-state index in [4.69, 9.17) is 16.3 Å². The molecular weight excluding hydrogens is 466 g/mol. The molecule has 4 rings (SSSR count). The predicted molar refractivity (Wildman–Crippen MR) is 138 cm³/mol. The molecule has 0 spiro atoms. The molecule has 0 aliphatic rings. The monoisotopic (exact) mass is 491 g/mol. The van der Waals surface area contributed by atoms with Crippen molar-refractivity contribution in [3.8, 4) is 5.75 Å². The average Bonchev–Trinajstić information content (AvgIpc) is 2.88. The van der Waals surface area contributed by atoms with E-state index in [9.17, 15) is 8.42 Å². The molecule has 0 radical (unpaired) electrons. The molecular formula is C28H26ClNO3S. The molecule has 0 saturated heterocycles. The number of hydrogen-bond donors (Lipinski definition) is 1. The molecule has 0 aromatic heterocycles. The van der Waals surface area contributed by atoms with Crippen molar-refractivity contribution in [3.05, 3.63) is 125 Å². The molecule has 0 amide bonds. The average molecular weight is 492 g/mol. The van der Waals surface area contributed by atoms with E-state index < -0.39 is 21.1 Å². The summed E-state index contributed by atoms with van der Waals surface area (Å²) in [5.74, 6) is 0.728. The minimum atomic E-state index is -3.71. The Morgan fingerprint density at radius 1 is 0.794 bits per heavy atom. The Hall–Kier alpha value is -3.28.